The average molecular weight is 192 g/mol. The Labute approximate surface area is 81.4 Å². The molecule has 0 saturated heterocycles. The Morgan fingerprint density at radius 3 is 3.14 bits per heavy atom. The zero-order valence-electron chi connectivity index (χ0n) is 7.67. The third-order valence-corrected chi connectivity index (χ3v) is 1.49. The summed E-state index contributed by atoms with van der Waals surface area (Å²) in [7, 11) is 1.77. The van der Waals surface area contributed by atoms with Gasteiger partial charge in [0.05, 0.1) is 18.3 Å². The highest BCUT2D eigenvalue weighted by molar-refractivity contribution is 5.75. The lowest BCUT2D eigenvalue weighted by atomic mass is 10.2. The molecule has 0 saturated carbocycles. The van der Waals surface area contributed by atoms with Gasteiger partial charge in [0, 0.05) is 0 Å². The van der Waals surface area contributed by atoms with E-state index in [0.29, 0.717) is 18.5 Å². The third kappa shape index (κ3) is 2.64. The van der Waals surface area contributed by atoms with Crippen molar-refractivity contribution in [3.05, 3.63) is 29.3 Å². The van der Waals surface area contributed by atoms with Crippen molar-refractivity contribution in [1.82, 2.24) is 10.3 Å². The van der Waals surface area contributed by atoms with E-state index in [2.05, 4.69) is 22.1 Å². The largest absolute Gasteiger partial charge is 0.309 e. The summed E-state index contributed by atoms with van der Waals surface area (Å²) in [6, 6.07) is 1.32. The van der Waals surface area contributed by atoms with E-state index in [0.717, 1.165) is 6.20 Å². The molecule has 0 aliphatic rings. The van der Waals surface area contributed by atoms with Crippen LogP contribution in [0, 0.1) is 17.7 Å². The van der Waals surface area contributed by atoms with Crippen molar-refractivity contribution in [2.45, 2.75) is 0 Å². The van der Waals surface area contributed by atoms with Gasteiger partial charge in [-0.1, -0.05) is 5.92 Å². The topological polar surface area (TPSA) is 42.0 Å². The molecule has 0 radical (unpaired) electrons. The lowest BCUT2D eigenvalue weighted by Gasteiger charge is -1.93. The van der Waals surface area contributed by atoms with Crippen LogP contribution in [0.25, 0.3) is 0 Å². The van der Waals surface area contributed by atoms with Crippen LogP contribution in [-0.2, 0) is 0 Å². The monoisotopic (exact) mass is 192 g/mol. The Kier molecular flexibility index (Phi) is 3.77. The van der Waals surface area contributed by atoms with Crippen molar-refractivity contribution >= 4 is 6.29 Å². The smallest absolute Gasteiger partial charge is 0.153 e. The third-order valence-electron chi connectivity index (χ3n) is 1.49. The van der Waals surface area contributed by atoms with E-state index in [1.807, 2.05) is 0 Å². The van der Waals surface area contributed by atoms with Gasteiger partial charge in [0.2, 0.25) is 0 Å². The van der Waals surface area contributed by atoms with Crippen LogP contribution >= 0.6 is 0 Å². The number of halogens is 1. The minimum atomic E-state index is -0.626. The van der Waals surface area contributed by atoms with Crippen molar-refractivity contribution in [3.8, 4) is 11.8 Å². The Morgan fingerprint density at radius 2 is 2.50 bits per heavy atom. The molecule has 1 aromatic heterocycles. The molecule has 0 fully saturated rings. The van der Waals surface area contributed by atoms with E-state index < -0.39 is 5.82 Å². The van der Waals surface area contributed by atoms with Crippen molar-refractivity contribution in [1.29, 1.82) is 0 Å². The fourth-order valence-corrected chi connectivity index (χ4v) is 0.836. The molecule has 0 aliphatic heterocycles. The highest BCUT2D eigenvalue weighted by Gasteiger charge is 2.01. The fraction of sp³-hybridized carbons (Fsp3) is 0.200. The van der Waals surface area contributed by atoms with E-state index in [9.17, 15) is 9.18 Å². The second-order valence-corrected chi connectivity index (χ2v) is 2.54. The van der Waals surface area contributed by atoms with Crippen LogP contribution in [0.3, 0.4) is 0 Å². The van der Waals surface area contributed by atoms with Crippen LogP contribution in [0.2, 0.25) is 0 Å². The molecule has 1 N–H and O–H groups in total. The second kappa shape index (κ2) is 5.10. The normalized spacial score (nSPS) is 9.00. The number of hydrogen-bond donors (Lipinski definition) is 1. The van der Waals surface area contributed by atoms with E-state index in [1.54, 1.807) is 7.05 Å². The highest BCUT2D eigenvalue weighted by Crippen LogP contribution is 2.03. The molecule has 0 aliphatic carbocycles. The Morgan fingerprint density at radius 1 is 1.71 bits per heavy atom. The summed E-state index contributed by atoms with van der Waals surface area (Å²) in [4.78, 5) is 14.1. The van der Waals surface area contributed by atoms with Gasteiger partial charge in [0.1, 0.15) is 5.69 Å². The van der Waals surface area contributed by atoms with Crippen LogP contribution in [0.5, 0.6) is 0 Å². The second-order valence-electron chi connectivity index (χ2n) is 2.54. The Bertz CT molecular complexity index is 393. The summed E-state index contributed by atoms with van der Waals surface area (Å²) in [5.41, 5.74) is 0.373. The minimum Gasteiger partial charge on any atom is -0.309 e. The number of hydrogen-bond acceptors (Lipinski definition) is 3. The number of carbonyl (C=O) groups is 1. The molecule has 4 heteroatoms. The minimum absolute atomic E-state index is 0.0197. The first-order valence-electron chi connectivity index (χ1n) is 4.02. The SMILES string of the molecule is CNCC#Cc1cc(C=O)c(F)cn1. The maximum absolute atomic E-state index is 12.8. The van der Waals surface area contributed by atoms with Gasteiger partial charge in [-0.25, -0.2) is 9.37 Å². The lowest BCUT2D eigenvalue weighted by Crippen LogP contribution is -2.04. The number of pyridine rings is 1. The molecule has 0 aromatic carbocycles. The molecule has 0 amide bonds. The molecular weight excluding hydrogens is 183 g/mol. The summed E-state index contributed by atoms with van der Waals surface area (Å²) < 4.78 is 12.8. The summed E-state index contributed by atoms with van der Waals surface area (Å²) in [5, 5.41) is 2.83. The molecule has 3 nitrogen and oxygen atoms in total. The first-order chi connectivity index (χ1) is 6.77. The van der Waals surface area contributed by atoms with Crippen LogP contribution in [0.1, 0.15) is 16.1 Å². The fourth-order valence-electron chi connectivity index (χ4n) is 0.836. The van der Waals surface area contributed by atoms with Crippen molar-refractivity contribution in [2.75, 3.05) is 13.6 Å². The molecule has 0 unspecified atom stereocenters. The van der Waals surface area contributed by atoms with Gasteiger partial charge in [0.25, 0.3) is 0 Å². The predicted octanol–water partition coefficient (Wildman–Crippen LogP) is 0.604. The first kappa shape index (κ1) is 10.4. The summed E-state index contributed by atoms with van der Waals surface area (Å²) in [6.07, 6.45) is 1.44. The first-order valence-corrected chi connectivity index (χ1v) is 4.02. The number of rotatable bonds is 2. The number of aldehydes is 1. The molecular formula is C10H9FN2O. The maximum atomic E-state index is 12.8. The van der Waals surface area contributed by atoms with Crippen LogP contribution in [0.15, 0.2) is 12.3 Å². The number of nitrogens with one attached hydrogen (secondary N) is 1. The summed E-state index contributed by atoms with van der Waals surface area (Å²) >= 11 is 0. The van der Waals surface area contributed by atoms with Gasteiger partial charge >= 0.3 is 0 Å². The molecule has 14 heavy (non-hydrogen) atoms. The molecule has 0 bridgehead atoms. The Hall–Kier alpha value is -1.73. The van der Waals surface area contributed by atoms with Crippen LogP contribution < -0.4 is 5.32 Å². The van der Waals surface area contributed by atoms with E-state index in [4.69, 9.17) is 0 Å². The maximum Gasteiger partial charge on any atom is 0.153 e. The number of carbonyl (C=O) groups excluding carboxylic acids is 1. The summed E-state index contributed by atoms with van der Waals surface area (Å²) in [6.45, 7) is 0.523. The lowest BCUT2D eigenvalue weighted by molar-refractivity contribution is 0.111. The molecule has 1 rings (SSSR count). The number of aromatic nitrogens is 1. The highest BCUT2D eigenvalue weighted by atomic mass is 19.1. The summed E-state index contributed by atoms with van der Waals surface area (Å²) in [5.74, 6) is 4.83. The van der Waals surface area contributed by atoms with Gasteiger partial charge < -0.3 is 5.32 Å². The van der Waals surface area contributed by atoms with E-state index in [1.165, 1.54) is 6.07 Å². The van der Waals surface area contributed by atoms with Crippen LogP contribution in [-0.4, -0.2) is 24.9 Å². The van der Waals surface area contributed by atoms with Crippen molar-refractivity contribution in [3.63, 3.8) is 0 Å². The van der Waals surface area contributed by atoms with Gasteiger partial charge in [-0.2, -0.15) is 0 Å². The van der Waals surface area contributed by atoms with Crippen LogP contribution in [0.4, 0.5) is 4.39 Å². The molecule has 1 heterocycles. The van der Waals surface area contributed by atoms with Crippen molar-refractivity contribution in [2.24, 2.45) is 0 Å². The molecule has 0 atom stereocenters. The van der Waals surface area contributed by atoms with Gasteiger partial charge in [-0.3, -0.25) is 4.79 Å². The molecule has 72 valence electrons. The van der Waals surface area contributed by atoms with E-state index in [-0.39, 0.29) is 5.56 Å². The zero-order chi connectivity index (χ0) is 10.4. The molecule has 0 spiro atoms. The van der Waals surface area contributed by atoms with Crippen molar-refractivity contribution < 1.29 is 9.18 Å². The average Bonchev–Trinajstić information content (AvgIpc) is 2.21. The standard InChI is InChI=1S/C10H9FN2O/c1-12-4-2-3-9-5-8(7-14)10(11)6-13-9/h5-7,12H,4H2,1H3. The quantitative estimate of drug-likeness (QED) is 0.551. The van der Waals surface area contributed by atoms with Gasteiger partial charge in [0.15, 0.2) is 12.1 Å². The molecule has 1 aromatic rings. The Balaban J connectivity index is 2.91. The van der Waals surface area contributed by atoms with Gasteiger partial charge in [-0.05, 0) is 19.0 Å². The van der Waals surface area contributed by atoms with E-state index >= 15 is 0 Å². The number of nitrogens with zero attached hydrogens (tertiary/aromatic N) is 1. The zero-order valence-corrected chi connectivity index (χ0v) is 7.67. The van der Waals surface area contributed by atoms with Gasteiger partial charge in [-0.15, -0.1) is 0 Å². The predicted molar refractivity (Wildman–Crippen MR) is 50.4 cm³/mol.